The first-order valence-corrected chi connectivity index (χ1v) is 6.91. The van der Waals surface area contributed by atoms with E-state index in [0.29, 0.717) is 5.00 Å². The number of nitrogens with zero attached hydrogens (tertiary/aromatic N) is 2. The van der Waals surface area contributed by atoms with E-state index in [2.05, 4.69) is 9.36 Å². The molecule has 0 aliphatic rings. The van der Waals surface area contributed by atoms with Gasteiger partial charge in [0.2, 0.25) is 0 Å². The van der Waals surface area contributed by atoms with Gasteiger partial charge in [-0.2, -0.15) is 4.37 Å². The molecule has 0 aliphatic heterocycles. The normalized spacial score (nSPS) is 11.2. The molecule has 0 saturated carbocycles. The van der Waals surface area contributed by atoms with Crippen molar-refractivity contribution in [1.29, 1.82) is 0 Å². The number of fused-ring (bicyclic) bond motifs is 1. The standard InChI is InChI=1S/C11H8ClN3S2/c1-5-8(10(13)17-15-5)11-14-7-4-2-3-6(12)9(7)16-11/h2-4H,13H2,1H3. The van der Waals surface area contributed by atoms with Crippen molar-refractivity contribution in [1.82, 2.24) is 9.36 Å². The van der Waals surface area contributed by atoms with Gasteiger partial charge in [0.15, 0.2) is 0 Å². The van der Waals surface area contributed by atoms with Crippen molar-refractivity contribution in [3.8, 4) is 10.6 Å². The Kier molecular flexibility index (Phi) is 2.54. The molecule has 3 nitrogen and oxygen atoms in total. The second-order valence-electron chi connectivity index (χ2n) is 3.61. The summed E-state index contributed by atoms with van der Waals surface area (Å²) < 4.78 is 5.23. The first kappa shape index (κ1) is 11.0. The Morgan fingerprint density at radius 3 is 2.82 bits per heavy atom. The number of hydrogen-bond donors (Lipinski definition) is 1. The molecule has 2 aromatic heterocycles. The minimum Gasteiger partial charge on any atom is -0.389 e. The summed E-state index contributed by atoms with van der Waals surface area (Å²) in [7, 11) is 0. The Bertz CT molecular complexity index is 682. The molecule has 0 saturated heterocycles. The lowest BCUT2D eigenvalue weighted by Gasteiger charge is -1.93. The fourth-order valence-corrected chi connectivity index (χ4v) is 3.76. The maximum Gasteiger partial charge on any atom is 0.129 e. The van der Waals surface area contributed by atoms with Crippen LogP contribution < -0.4 is 5.73 Å². The van der Waals surface area contributed by atoms with Gasteiger partial charge in [-0.1, -0.05) is 17.7 Å². The molecule has 3 rings (SSSR count). The van der Waals surface area contributed by atoms with Crippen LogP contribution in [0.1, 0.15) is 5.69 Å². The Morgan fingerprint density at radius 1 is 1.35 bits per heavy atom. The average Bonchev–Trinajstić information content (AvgIpc) is 2.84. The van der Waals surface area contributed by atoms with Gasteiger partial charge in [-0.05, 0) is 30.6 Å². The van der Waals surface area contributed by atoms with E-state index >= 15 is 0 Å². The van der Waals surface area contributed by atoms with Crippen LogP contribution in [0.3, 0.4) is 0 Å². The highest BCUT2D eigenvalue weighted by molar-refractivity contribution is 7.22. The maximum atomic E-state index is 6.14. The van der Waals surface area contributed by atoms with Gasteiger partial charge in [0.1, 0.15) is 10.0 Å². The molecule has 6 heteroatoms. The zero-order valence-corrected chi connectivity index (χ0v) is 11.3. The van der Waals surface area contributed by atoms with E-state index in [0.717, 1.165) is 31.5 Å². The second kappa shape index (κ2) is 3.94. The van der Waals surface area contributed by atoms with Gasteiger partial charge in [0.25, 0.3) is 0 Å². The highest BCUT2D eigenvalue weighted by atomic mass is 35.5. The average molecular weight is 282 g/mol. The van der Waals surface area contributed by atoms with Gasteiger partial charge < -0.3 is 5.73 Å². The van der Waals surface area contributed by atoms with Crippen LogP contribution in [0.2, 0.25) is 5.02 Å². The van der Waals surface area contributed by atoms with Gasteiger partial charge in [0, 0.05) is 0 Å². The third-order valence-corrected chi connectivity index (χ3v) is 4.78. The van der Waals surface area contributed by atoms with Crippen LogP contribution in [0.25, 0.3) is 20.8 Å². The SMILES string of the molecule is Cc1nsc(N)c1-c1nc2cccc(Cl)c2s1. The zero-order valence-electron chi connectivity index (χ0n) is 8.90. The second-order valence-corrected chi connectivity index (χ2v) is 5.83. The quantitative estimate of drug-likeness (QED) is 0.734. The van der Waals surface area contributed by atoms with Gasteiger partial charge in [-0.3, -0.25) is 0 Å². The Labute approximate surface area is 111 Å². The van der Waals surface area contributed by atoms with Crippen molar-refractivity contribution in [2.24, 2.45) is 0 Å². The summed E-state index contributed by atoms with van der Waals surface area (Å²) >= 11 is 8.99. The summed E-state index contributed by atoms with van der Waals surface area (Å²) in [5.41, 5.74) is 8.68. The monoisotopic (exact) mass is 281 g/mol. The molecule has 2 N–H and O–H groups in total. The van der Waals surface area contributed by atoms with Crippen LogP contribution in [0.15, 0.2) is 18.2 Å². The number of benzene rings is 1. The summed E-state index contributed by atoms with van der Waals surface area (Å²) in [5, 5.41) is 2.32. The zero-order chi connectivity index (χ0) is 12.0. The lowest BCUT2D eigenvalue weighted by molar-refractivity contribution is 1.33. The molecule has 0 spiro atoms. The number of aromatic nitrogens is 2. The lowest BCUT2D eigenvalue weighted by Crippen LogP contribution is -1.84. The van der Waals surface area contributed by atoms with E-state index < -0.39 is 0 Å². The molecule has 86 valence electrons. The summed E-state index contributed by atoms with van der Waals surface area (Å²) in [6.07, 6.45) is 0. The van der Waals surface area contributed by atoms with E-state index in [1.807, 2.05) is 25.1 Å². The summed E-state index contributed by atoms with van der Waals surface area (Å²) in [5.74, 6) is 0. The smallest absolute Gasteiger partial charge is 0.129 e. The summed E-state index contributed by atoms with van der Waals surface area (Å²) in [6, 6.07) is 5.72. The van der Waals surface area contributed by atoms with E-state index in [9.17, 15) is 0 Å². The van der Waals surface area contributed by atoms with Crippen molar-refractivity contribution in [3.63, 3.8) is 0 Å². The molecule has 1 aromatic carbocycles. The molecule has 0 amide bonds. The number of halogens is 1. The van der Waals surface area contributed by atoms with Crippen molar-refractivity contribution in [2.45, 2.75) is 6.92 Å². The Hall–Kier alpha value is -1.17. The van der Waals surface area contributed by atoms with E-state index in [-0.39, 0.29) is 0 Å². The molecular formula is C11H8ClN3S2. The number of nitrogens with two attached hydrogens (primary N) is 1. The van der Waals surface area contributed by atoms with Gasteiger partial charge in [-0.25, -0.2) is 4.98 Å². The third kappa shape index (κ3) is 1.71. The van der Waals surface area contributed by atoms with E-state index in [1.54, 1.807) is 11.3 Å². The predicted molar refractivity (Wildman–Crippen MR) is 74.9 cm³/mol. The molecule has 3 aromatic rings. The summed E-state index contributed by atoms with van der Waals surface area (Å²) in [4.78, 5) is 4.56. The molecule has 0 atom stereocenters. The molecular weight excluding hydrogens is 274 g/mol. The van der Waals surface area contributed by atoms with Crippen molar-refractivity contribution >= 4 is 49.7 Å². The summed E-state index contributed by atoms with van der Waals surface area (Å²) in [6.45, 7) is 1.94. The first-order valence-electron chi connectivity index (χ1n) is 4.94. The number of rotatable bonds is 1. The van der Waals surface area contributed by atoms with Crippen LogP contribution >= 0.6 is 34.5 Å². The molecule has 17 heavy (non-hydrogen) atoms. The number of hydrogen-bond acceptors (Lipinski definition) is 5. The topological polar surface area (TPSA) is 51.8 Å². The van der Waals surface area contributed by atoms with E-state index in [1.165, 1.54) is 11.5 Å². The highest BCUT2D eigenvalue weighted by Gasteiger charge is 2.15. The fraction of sp³-hybridized carbons (Fsp3) is 0.0909. The third-order valence-electron chi connectivity index (χ3n) is 2.47. The minimum atomic E-state index is 0.706. The number of aryl methyl sites for hydroxylation is 1. The van der Waals surface area contributed by atoms with Crippen LogP contribution in [0.4, 0.5) is 5.00 Å². The largest absolute Gasteiger partial charge is 0.389 e. The number of thiazole rings is 1. The number of anilines is 1. The van der Waals surface area contributed by atoms with Gasteiger partial charge >= 0.3 is 0 Å². The first-order chi connectivity index (χ1) is 8.16. The minimum absolute atomic E-state index is 0.706. The Balaban J connectivity index is 2.29. The molecule has 2 heterocycles. The highest BCUT2D eigenvalue weighted by Crippen LogP contribution is 2.39. The lowest BCUT2D eigenvalue weighted by atomic mass is 10.2. The van der Waals surface area contributed by atoms with Crippen molar-refractivity contribution in [3.05, 3.63) is 28.9 Å². The van der Waals surface area contributed by atoms with Crippen LogP contribution in [-0.2, 0) is 0 Å². The van der Waals surface area contributed by atoms with Crippen molar-refractivity contribution in [2.75, 3.05) is 5.73 Å². The molecule has 0 aliphatic carbocycles. The van der Waals surface area contributed by atoms with Gasteiger partial charge in [-0.15, -0.1) is 11.3 Å². The fourth-order valence-electron chi connectivity index (χ4n) is 1.67. The molecule has 0 unspecified atom stereocenters. The maximum absolute atomic E-state index is 6.14. The van der Waals surface area contributed by atoms with Crippen LogP contribution in [-0.4, -0.2) is 9.36 Å². The molecule has 0 fully saturated rings. The number of nitrogen functional groups attached to an aromatic ring is 1. The van der Waals surface area contributed by atoms with Gasteiger partial charge in [0.05, 0.1) is 26.5 Å². The molecule has 0 radical (unpaired) electrons. The Morgan fingerprint density at radius 2 is 2.18 bits per heavy atom. The van der Waals surface area contributed by atoms with Crippen molar-refractivity contribution < 1.29 is 0 Å². The van der Waals surface area contributed by atoms with E-state index in [4.69, 9.17) is 17.3 Å². The van der Waals surface area contributed by atoms with Crippen LogP contribution in [0.5, 0.6) is 0 Å². The molecule has 0 bridgehead atoms. The van der Waals surface area contributed by atoms with Crippen LogP contribution in [0, 0.1) is 6.92 Å². The predicted octanol–water partition coefficient (Wildman–Crippen LogP) is 3.96.